The molecule has 1 amide bonds. The predicted molar refractivity (Wildman–Crippen MR) is 71.9 cm³/mol. The number of carbonyl (C=O) groups excluding carboxylic acids is 2. The molecule has 0 spiro atoms. The first kappa shape index (κ1) is 16.2. The number of hydrogen-bond acceptors (Lipinski definition) is 4. The molecule has 17 heavy (non-hydrogen) atoms. The number of carbonyl (C=O) groups is 2. The van der Waals surface area contributed by atoms with Crippen molar-refractivity contribution < 1.29 is 14.3 Å². The Morgan fingerprint density at radius 1 is 1.35 bits per heavy atom. The highest BCUT2D eigenvalue weighted by atomic mass is 32.2. The van der Waals surface area contributed by atoms with Crippen molar-refractivity contribution in [3.8, 4) is 0 Å². The van der Waals surface area contributed by atoms with E-state index in [-0.39, 0.29) is 16.7 Å². The largest absolute Gasteiger partial charge is 0.442 e. The molecule has 0 bridgehead atoms. The van der Waals surface area contributed by atoms with Crippen LogP contribution in [0.2, 0.25) is 0 Å². The quantitative estimate of drug-likeness (QED) is 0.728. The van der Waals surface area contributed by atoms with Gasteiger partial charge in [-0.05, 0) is 27.0 Å². The third-order valence-corrected chi connectivity index (χ3v) is 2.88. The molecule has 0 aliphatic carbocycles. The Hall–Kier alpha value is -0.840. The SMILES string of the molecule is CSC(C)CC(=NC(=O)OC(C)(C)C)C(C)=O. The average Bonchev–Trinajstić information content (AvgIpc) is 2.13. The summed E-state index contributed by atoms with van der Waals surface area (Å²) in [6.07, 6.45) is 1.74. The van der Waals surface area contributed by atoms with Crippen molar-refractivity contribution in [2.24, 2.45) is 4.99 Å². The molecule has 0 saturated carbocycles. The summed E-state index contributed by atoms with van der Waals surface area (Å²) in [5, 5.41) is 0.250. The number of Topliss-reactive ketones (excluding diaryl/α,β-unsaturated/α-hetero) is 1. The Bertz CT molecular complexity index is 318. The smallest absolute Gasteiger partial charge is 0.434 e. The first-order chi connectivity index (χ1) is 7.65. The molecule has 0 aromatic rings. The van der Waals surface area contributed by atoms with E-state index in [9.17, 15) is 9.59 Å². The molecular formula is C12H21NO3S. The van der Waals surface area contributed by atoms with Gasteiger partial charge in [0, 0.05) is 18.6 Å². The number of ether oxygens (including phenoxy) is 1. The van der Waals surface area contributed by atoms with E-state index < -0.39 is 11.7 Å². The van der Waals surface area contributed by atoms with Crippen LogP contribution in [0.15, 0.2) is 4.99 Å². The Labute approximate surface area is 107 Å². The van der Waals surface area contributed by atoms with Crippen molar-refractivity contribution in [2.75, 3.05) is 6.26 Å². The zero-order valence-corrected chi connectivity index (χ0v) is 12.2. The van der Waals surface area contributed by atoms with Gasteiger partial charge in [0.05, 0.1) is 5.71 Å². The second-order valence-corrected chi connectivity index (χ2v) is 6.12. The molecule has 0 N–H and O–H groups in total. The Morgan fingerprint density at radius 3 is 2.24 bits per heavy atom. The average molecular weight is 259 g/mol. The van der Waals surface area contributed by atoms with Crippen LogP contribution in [0.5, 0.6) is 0 Å². The van der Waals surface area contributed by atoms with Crippen LogP contribution in [-0.2, 0) is 9.53 Å². The highest BCUT2D eigenvalue weighted by molar-refractivity contribution is 7.99. The molecular weight excluding hydrogens is 238 g/mol. The molecule has 0 aliphatic rings. The summed E-state index contributed by atoms with van der Waals surface area (Å²) < 4.78 is 5.05. The van der Waals surface area contributed by atoms with Crippen molar-refractivity contribution in [3.05, 3.63) is 0 Å². The van der Waals surface area contributed by atoms with Gasteiger partial charge in [-0.15, -0.1) is 0 Å². The Kier molecular flexibility index (Phi) is 6.45. The van der Waals surface area contributed by atoms with Gasteiger partial charge in [-0.2, -0.15) is 16.8 Å². The van der Waals surface area contributed by atoms with Gasteiger partial charge in [0.25, 0.3) is 0 Å². The molecule has 0 heterocycles. The third-order valence-electron chi connectivity index (χ3n) is 1.91. The number of hydrogen-bond donors (Lipinski definition) is 0. The fourth-order valence-electron chi connectivity index (χ4n) is 1.02. The lowest BCUT2D eigenvalue weighted by molar-refractivity contribution is -0.111. The van der Waals surface area contributed by atoms with Gasteiger partial charge < -0.3 is 4.74 Å². The lowest BCUT2D eigenvalue weighted by atomic mass is 10.1. The van der Waals surface area contributed by atoms with E-state index in [1.54, 1.807) is 32.5 Å². The second-order valence-electron chi connectivity index (χ2n) is 4.85. The van der Waals surface area contributed by atoms with E-state index >= 15 is 0 Å². The minimum atomic E-state index is -0.698. The zero-order valence-electron chi connectivity index (χ0n) is 11.4. The van der Waals surface area contributed by atoms with E-state index in [0.29, 0.717) is 6.42 Å². The topological polar surface area (TPSA) is 55.7 Å². The number of nitrogens with zero attached hydrogens (tertiary/aromatic N) is 1. The highest BCUT2D eigenvalue weighted by Gasteiger charge is 2.18. The standard InChI is InChI=1S/C12H21NO3S/c1-8(17-6)7-10(9(2)14)13-11(15)16-12(3,4)5/h8H,7H2,1-6H3. The molecule has 0 aromatic heterocycles. The minimum Gasteiger partial charge on any atom is -0.442 e. The van der Waals surface area contributed by atoms with E-state index in [4.69, 9.17) is 4.74 Å². The molecule has 1 unspecified atom stereocenters. The van der Waals surface area contributed by atoms with Crippen LogP contribution < -0.4 is 0 Å². The lowest BCUT2D eigenvalue weighted by Crippen LogP contribution is -2.24. The predicted octanol–water partition coefficient (Wildman–Crippen LogP) is 3.09. The summed E-state index contributed by atoms with van der Waals surface area (Å²) in [4.78, 5) is 26.6. The molecule has 0 aromatic carbocycles. The molecule has 1 atom stereocenters. The Morgan fingerprint density at radius 2 is 1.88 bits per heavy atom. The molecule has 0 fully saturated rings. The number of aliphatic imine (C=N–C) groups is 1. The number of amides is 1. The van der Waals surface area contributed by atoms with E-state index in [1.165, 1.54) is 6.92 Å². The lowest BCUT2D eigenvalue weighted by Gasteiger charge is -2.17. The normalized spacial score (nSPS) is 14.4. The van der Waals surface area contributed by atoms with E-state index in [0.717, 1.165) is 0 Å². The van der Waals surface area contributed by atoms with Crippen molar-refractivity contribution >= 4 is 29.4 Å². The van der Waals surface area contributed by atoms with Crippen LogP contribution in [0.25, 0.3) is 0 Å². The maximum absolute atomic E-state index is 11.5. The minimum absolute atomic E-state index is 0.184. The van der Waals surface area contributed by atoms with Gasteiger partial charge in [0.2, 0.25) is 0 Å². The number of thioether (sulfide) groups is 1. The number of ketones is 1. The van der Waals surface area contributed by atoms with Gasteiger partial charge in [0.1, 0.15) is 5.60 Å². The van der Waals surface area contributed by atoms with E-state index in [1.807, 2.05) is 13.2 Å². The maximum atomic E-state index is 11.5. The van der Waals surface area contributed by atoms with Crippen molar-refractivity contribution in [2.45, 2.75) is 51.9 Å². The molecule has 0 rings (SSSR count). The Balaban J connectivity index is 4.71. The van der Waals surface area contributed by atoms with Gasteiger partial charge in [0.15, 0.2) is 5.78 Å². The monoisotopic (exact) mass is 259 g/mol. The van der Waals surface area contributed by atoms with Crippen LogP contribution in [0, 0.1) is 0 Å². The summed E-state index contributed by atoms with van der Waals surface area (Å²) in [6.45, 7) is 8.68. The molecule has 0 saturated heterocycles. The second kappa shape index (κ2) is 6.79. The fraction of sp³-hybridized carbons (Fsp3) is 0.750. The van der Waals surface area contributed by atoms with Crippen LogP contribution in [0.3, 0.4) is 0 Å². The fourth-order valence-corrected chi connectivity index (χ4v) is 1.34. The third kappa shape index (κ3) is 7.96. The summed E-state index contributed by atoms with van der Waals surface area (Å²) >= 11 is 1.63. The van der Waals surface area contributed by atoms with Crippen LogP contribution in [-0.4, -0.2) is 34.7 Å². The highest BCUT2D eigenvalue weighted by Crippen LogP contribution is 2.13. The first-order valence-corrected chi connectivity index (χ1v) is 6.78. The van der Waals surface area contributed by atoms with Crippen LogP contribution in [0.1, 0.15) is 41.0 Å². The first-order valence-electron chi connectivity index (χ1n) is 5.50. The van der Waals surface area contributed by atoms with Crippen LogP contribution >= 0.6 is 11.8 Å². The van der Waals surface area contributed by atoms with Gasteiger partial charge in [-0.1, -0.05) is 6.92 Å². The summed E-state index contributed by atoms with van der Waals surface area (Å²) in [5.74, 6) is -0.184. The molecule has 5 heteroatoms. The van der Waals surface area contributed by atoms with Crippen LogP contribution in [0.4, 0.5) is 4.79 Å². The molecule has 4 nitrogen and oxygen atoms in total. The number of rotatable bonds is 4. The van der Waals surface area contributed by atoms with Crippen molar-refractivity contribution in [3.63, 3.8) is 0 Å². The molecule has 0 aliphatic heterocycles. The van der Waals surface area contributed by atoms with Crippen molar-refractivity contribution in [1.82, 2.24) is 0 Å². The summed E-state index contributed by atoms with van der Waals surface area (Å²) in [7, 11) is 0. The summed E-state index contributed by atoms with van der Waals surface area (Å²) in [6, 6.07) is 0. The molecule has 98 valence electrons. The van der Waals surface area contributed by atoms with E-state index in [2.05, 4.69) is 4.99 Å². The summed E-state index contributed by atoms with van der Waals surface area (Å²) in [5.41, 5.74) is -0.311. The van der Waals surface area contributed by atoms with Gasteiger partial charge in [-0.3, -0.25) is 4.79 Å². The maximum Gasteiger partial charge on any atom is 0.434 e. The van der Waals surface area contributed by atoms with Gasteiger partial charge >= 0.3 is 6.09 Å². The van der Waals surface area contributed by atoms with Gasteiger partial charge in [-0.25, -0.2) is 4.79 Å². The molecule has 0 radical (unpaired) electrons. The zero-order chi connectivity index (χ0) is 13.6. The van der Waals surface area contributed by atoms with Crippen molar-refractivity contribution in [1.29, 1.82) is 0 Å².